The number of likely N-dealkylation sites (tertiary alicyclic amines) is 1. The number of hydrogen-bond acceptors (Lipinski definition) is 1. The lowest BCUT2D eigenvalue weighted by Crippen LogP contribution is -2.44. The van der Waals surface area contributed by atoms with Crippen molar-refractivity contribution in [2.24, 2.45) is 17.8 Å². The summed E-state index contributed by atoms with van der Waals surface area (Å²) in [6, 6.07) is 11.0. The molecule has 0 N–H and O–H groups in total. The predicted molar refractivity (Wildman–Crippen MR) is 76.3 cm³/mol. The summed E-state index contributed by atoms with van der Waals surface area (Å²) < 4.78 is 0. The summed E-state index contributed by atoms with van der Waals surface area (Å²) in [7, 11) is 0. The fourth-order valence-electron chi connectivity index (χ4n) is 4.11. The maximum Gasteiger partial charge on any atom is 0.0233 e. The third kappa shape index (κ3) is 2.77. The first-order valence-electron chi connectivity index (χ1n) is 7.59. The van der Waals surface area contributed by atoms with E-state index in [0.717, 1.165) is 24.3 Å². The van der Waals surface area contributed by atoms with Crippen molar-refractivity contribution in [3.05, 3.63) is 35.9 Å². The normalized spacial score (nSPS) is 32.4. The fourth-order valence-corrected chi connectivity index (χ4v) is 4.11. The van der Waals surface area contributed by atoms with E-state index in [9.17, 15) is 0 Å². The summed E-state index contributed by atoms with van der Waals surface area (Å²) in [6.45, 7) is 6.20. The molecule has 2 bridgehead atoms. The Kier molecular flexibility index (Phi) is 3.69. The Morgan fingerprint density at radius 2 is 1.67 bits per heavy atom. The number of nitrogens with zero attached hydrogens (tertiary/aromatic N) is 1. The second-order valence-corrected chi connectivity index (χ2v) is 6.39. The van der Waals surface area contributed by atoms with Gasteiger partial charge in [0.25, 0.3) is 0 Å². The summed E-state index contributed by atoms with van der Waals surface area (Å²) in [5.41, 5.74) is 1.48. The Hall–Kier alpha value is -0.820. The lowest BCUT2D eigenvalue weighted by Gasteiger charge is -2.44. The van der Waals surface area contributed by atoms with E-state index in [2.05, 4.69) is 42.2 Å². The molecule has 1 aliphatic heterocycles. The van der Waals surface area contributed by atoms with Crippen LogP contribution in [0.2, 0.25) is 0 Å². The Balaban J connectivity index is 1.61. The largest absolute Gasteiger partial charge is 0.299 e. The van der Waals surface area contributed by atoms with E-state index < -0.39 is 0 Å². The van der Waals surface area contributed by atoms with Crippen LogP contribution in [0, 0.1) is 17.8 Å². The maximum absolute atomic E-state index is 2.69. The number of rotatable bonds is 3. The number of piperidine rings is 1. The topological polar surface area (TPSA) is 3.24 Å². The first-order chi connectivity index (χ1) is 8.83. The molecule has 18 heavy (non-hydrogen) atoms. The quantitative estimate of drug-likeness (QED) is 0.777. The number of benzene rings is 1. The zero-order valence-corrected chi connectivity index (χ0v) is 11.5. The molecular formula is C17H25N. The molecule has 2 unspecified atom stereocenters. The first kappa shape index (κ1) is 12.2. The average Bonchev–Trinajstić information content (AvgIpc) is 2.38. The van der Waals surface area contributed by atoms with Crippen molar-refractivity contribution in [3.8, 4) is 0 Å². The van der Waals surface area contributed by atoms with Crippen molar-refractivity contribution in [2.75, 3.05) is 13.1 Å². The molecule has 1 aromatic carbocycles. The maximum atomic E-state index is 2.69. The standard InChI is InChI=1S/C17H25N/c1-2-14-8-16-10-17(9-14)13-18(12-16)11-15-6-4-3-5-7-15/h3-7,14,16-17H,2,8-13H2,1H3. The van der Waals surface area contributed by atoms with Crippen LogP contribution in [0.3, 0.4) is 0 Å². The van der Waals surface area contributed by atoms with Crippen molar-refractivity contribution in [3.63, 3.8) is 0 Å². The molecular weight excluding hydrogens is 218 g/mol. The van der Waals surface area contributed by atoms with Gasteiger partial charge in [-0.25, -0.2) is 0 Å². The van der Waals surface area contributed by atoms with E-state index in [1.165, 1.54) is 44.3 Å². The summed E-state index contributed by atoms with van der Waals surface area (Å²) >= 11 is 0. The van der Waals surface area contributed by atoms with Crippen LogP contribution in [-0.2, 0) is 6.54 Å². The zero-order chi connectivity index (χ0) is 12.4. The van der Waals surface area contributed by atoms with Crippen LogP contribution in [-0.4, -0.2) is 18.0 Å². The minimum Gasteiger partial charge on any atom is -0.299 e. The smallest absolute Gasteiger partial charge is 0.0233 e. The molecule has 1 saturated carbocycles. The van der Waals surface area contributed by atoms with Gasteiger partial charge in [0.2, 0.25) is 0 Å². The molecule has 1 saturated heterocycles. The second kappa shape index (κ2) is 5.44. The second-order valence-electron chi connectivity index (χ2n) is 6.39. The van der Waals surface area contributed by atoms with Gasteiger partial charge in [0.05, 0.1) is 0 Å². The summed E-state index contributed by atoms with van der Waals surface area (Å²) in [5.74, 6) is 2.98. The Morgan fingerprint density at radius 1 is 1.00 bits per heavy atom. The lowest BCUT2D eigenvalue weighted by molar-refractivity contribution is 0.0528. The molecule has 1 nitrogen and oxygen atoms in total. The first-order valence-corrected chi connectivity index (χ1v) is 7.59. The zero-order valence-electron chi connectivity index (χ0n) is 11.5. The fraction of sp³-hybridized carbons (Fsp3) is 0.647. The molecule has 1 aliphatic carbocycles. The molecule has 0 spiro atoms. The van der Waals surface area contributed by atoms with Crippen LogP contribution < -0.4 is 0 Å². The van der Waals surface area contributed by atoms with Gasteiger partial charge in [-0.15, -0.1) is 0 Å². The van der Waals surface area contributed by atoms with Crippen molar-refractivity contribution in [2.45, 2.75) is 39.2 Å². The summed E-state index contributed by atoms with van der Waals surface area (Å²) in [5, 5.41) is 0. The van der Waals surface area contributed by atoms with E-state index in [4.69, 9.17) is 0 Å². The van der Waals surface area contributed by atoms with Crippen molar-refractivity contribution < 1.29 is 0 Å². The third-order valence-corrected chi connectivity index (χ3v) is 4.86. The van der Waals surface area contributed by atoms with Gasteiger partial charge in [-0.3, -0.25) is 4.90 Å². The van der Waals surface area contributed by atoms with Gasteiger partial charge < -0.3 is 0 Å². The van der Waals surface area contributed by atoms with Crippen molar-refractivity contribution >= 4 is 0 Å². The van der Waals surface area contributed by atoms with Gasteiger partial charge in [-0.1, -0.05) is 43.7 Å². The van der Waals surface area contributed by atoms with Gasteiger partial charge in [-0.05, 0) is 42.6 Å². The van der Waals surface area contributed by atoms with Crippen LogP contribution in [0.4, 0.5) is 0 Å². The van der Waals surface area contributed by atoms with Gasteiger partial charge >= 0.3 is 0 Å². The van der Waals surface area contributed by atoms with Gasteiger partial charge in [0.1, 0.15) is 0 Å². The highest BCUT2D eigenvalue weighted by Crippen LogP contribution is 2.39. The Morgan fingerprint density at radius 3 is 2.28 bits per heavy atom. The number of fused-ring (bicyclic) bond motifs is 2. The van der Waals surface area contributed by atoms with E-state index in [0.29, 0.717) is 0 Å². The molecule has 2 fully saturated rings. The van der Waals surface area contributed by atoms with Gasteiger partial charge in [0.15, 0.2) is 0 Å². The van der Waals surface area contributed by atoms with E-state index in [1.54, 1.807) is 0 Å². The molecule has 3 rings (SSSR count). The third-order valence-electron chi connectivity index (χ3n) is 4.86. The Labute approximate surface area is 111 Å². The molecule has 2 aliphatic rings. The van der Waals surface area contributed by atoms with Crippen LogP contribution in [0.1, 0.15) is 38.2 Å². The van der Waals surface area contributed by atoms with E-state index in [1.807, 2.05) is 0 Å². The van der Waals surface area contributed by atoms with E-state index >= 15 is 0 Å². The highest BCUT2D eigenvalue weighted by molar-refractivity contribution is 5.14. The minimum absolute atomic E-state index is 0.978. The molecule has 1 heterocycles. The molecule has 1 heteroatoms. The van der Waals surface area contributed by atoms with Gasteiger partial charge in [-0.2, -0.15) is 0 Å². The molecule has 0 aromatic heterocycles. The minimum atomic E-state index is 0.978. The van der Waals surface area contributed by atoms with Crippen LogP contribution in [0.15, 0.2) is 30.3 Å². The molecule has 98 valence electrons. The molecule has 2 atom stereocenters. The SMILES string of the molecule is CCC1CC2CC(C1)CN(Cc1ccccc1)C2. The lowest BCUT2D eigenvalue weighted by atomic mass is 9.71. The monoisotopic (exact) mass is 243 g/mol. The highest BCUT2D eigenvalue weighted by Gasteiger charge is 2.34. The summed E-state index contributed by atoms with van der Waals surface area (Å²) in [4.78, 5) is 2.69. The van der Waals surface area contributed by atoms with Crippen LogP contribution >= 0.6 is 0 Å². The predicted octanol–water partition coefficient (Wildman–Crippen LogP) is 3.94. The van der Waals surface area contributed by atoms with Crippen LogP contribution in [0.25, 0.3) is 0 Å². The average molecular weight is 243 g/mol. The summed E-state index contributed by atoms with van der Waals surface area (Å²) in [6.07, 6.45) is 5.87. The Bertz CT molecular complexity index is 358. The number of hydrogen-bond donors (Lipinski definition) is 0. The van der Waals surface area contributed by atoms with Crippen LogP contribution in [0.5, 0.6) is 0 Å². The van der Waals surface area contributed by atoms with Crippen molar-refractivity contribution in [1.82, 2.24) is 4.90 Å². The van der Waals surface area contributed by atoms with Gasteiger partial charge in [0, 0.05) is 19.6 Å². The molecule has 1 aromatic rings. The van der Waals surface area contributed by atoms with E-state index in [-0.39, 0.29) is 0 Å². The highest BCUT2D eigenvalue weighted by atomic mass is 15.1. The molecule has 0 radical (unpaired) electrons. The van der Waals surface area contributed by atoms with Crippen molar-refractivity contribution in [1.29, 1.82) is 0 Å². The molecule has 0 amide bonds.